The molecule has 0 heterocycles. The van der Waals surface area contributed by atoms with Crippen LogP contribution in [0.15, 0.2) is 0 Å². The van der Waals surface area contributed by atoms with Crippen LogP contribution >= 0.6 is 0 Å². The first-order valence-electron chi connectivity index (χ1n) is 8.14. The fourth-order valence-corrected chi connectivity index (χ4v) is 3.09. The molecule has 0 aliphatic rings. The molecule has 0 rings (SSSR count). The molecule has 4 nitrogen and oxygen atoms in total. The Morgan fingerprint density at radius 1 is 0.952 bits per heavy atom. The predicted octanol–water partition coefficient (Wildman–Crippen LogP) is 0.890. The van der Waals surface area contributed by atoms with Crippen LogP contribution in [-0.2, 0) is 10.1 Å². The van der Waals surface area contributed by atoms with Crippen molar-refractivity contribution in [2.75, 3.05) is 12.3 Å². The van der Waals surface area contributed by atoms with Gasteiger partial charge in [-0.25, -0.2) is 0 Å². The van der Waals surface area contributed by atoms with Crippen LogP contribution in [0.3, 0.4) is 0 Å². The first kappa shape index (κ1) is 24.1. The molecule has 0 aromatic heterocycles. The van der Waals surface area contributed by atoms with Gasteiger partial charge >= 0.3 is 29.6 Å². The summed E-state index contributed by atoms with van der Waals surface area (Å²) in [6.07, 6.45) is 13.0. The van der Waals surface area contributed by atoms with Gasteiger partial charge in [0.25, 0.3) is 10.1 Å². The van der Waals surface area contributed by atoms with E-state index in [1.807, 2.05) is 0 Å². The van der Waals surface area contributed by atoms with Crippen LogP contribution in [0.4, 0.5) is 0 Å². The van der Waals surface area contributed by atoms with Crippen LogP contribution in [0.25, 0.3) is 0 Å². The maximum absolute atomic E-state index is 10.7. The third kappa shape index (κ3) is 20.9. The minimum atomic E-state index is -3.85. The van der Waals surface area contributed by atoms with Gasteiger partial charge in [-0.05, 0) is 19.9 Å². The predicted molar refractivity (Wildman–Crippen MR) is 86.8 cm³/mol. The quantitative estimate of drug-likeness (QED) is 0.282. The molecule has 0 spiro atoms. The van der Waals surface area contributed by atoms with E-state index in [9.17, 15) is 8.42 Å². The third-order valence-electron chi connectivity index (χ3n) is 3.48. The van der Waals surface area contributed by atoms with Crippen LogP contribution in [0, 0.1) is 0 Å². The second-order valence-corrected chi connectivity index (χ2v) is 7.28. The van der Waals surface area contributed by atoms with Crippen LogP contribution < -0.4 is 34.9 Å². The number of unbranched alkanes of at least 4 members (excludes halogenated alkanes) is 9. The van der Waals surface area contributed by atoms with Gasteiger partial charge in [-0.2, -0.15) is 8.42 Å². The minimum absolute atomic E-state index is 0. The van der Waals surface area contributed by atoms with Crippen molar-refractivity contribution in [3.05, 3.63) is 0 Å². The van der Waals surface area contributed by atoms with Crippen LogP contribution in [0.5, 0.6) is 0 Å². The van der Waals surface area contributed by atoms with Crippen molar-refractivity contribution >= 4 is 10.1 Å². The monoisotopic (exact) mass is 331 g/mol. The van der Waals surface area contributed by atoms with E-state index >= 15 is 0 Å². The first-order chi connectivity index (χ1) is 9.45. The van der Waals surface area contributed by atoms with Gasteiger partial charge in [0.15, 0.2) is 0 Å². The smallest absolute Gasteiger partial charge is 1.00 e. The van der Waals surface area contributed by atoms with Crippen LogP contribution in [-0.4, -0.2) is 31.3 Å². The molecule has 1 unspecified atom stereocenters. The van der Waals surface area contributed by atoms with E-state index in [-0.39, 0.29) is 42.8 Å². The molecule has 21 heavy (non-hydrogen) atoms. The molecule has 0 aromatic rings. The van der Waals surface area contributed by atoms with Crippen molar-refractivity contribution in [3.63, 3.8) is 0 Å². The fraction of sp³-hybridized carbons (Fsp3) is 1.00. The molecule has 0 saturated carbocycles. The molecule has 6 heteroatoms. The summed E-state index contributed by atoms with van der Waals surface area (Å²) in [6, 6.07) is -0.177. The fourth-order valence-electron chi connectivity index (χ4n) is 2.34. The number of hydrogen-bond donors (Lipinski definition) is 2. The third-order valence-corrected chi connectivity index (χ3v) is 4.40. The topological polar surface area (TPSA) is 66.4 Å². The van der Waals surface area contributed by atoms with Crippen molar-refractivity contribution in [2.45, 2.75) is 84.1 Å². The standard InChI is InChI=1S/C15H33NO3S.Na.H/c1-3-4-5-6-7-8-9-10-11-12-13-16-15(2)14-20(17,18)19;;/h15-16H,3-14H2,1-2H3,(H,17,18,19);;/q;+1;-1. The van der Waals surface area contributed by atoms with Crippen molar-refractivity contribution in [3.8, 4) is 0 Å². The maximum Gasteiger partial charge on any atom is 1.00 e. The van der Waals surface area contributed by atoms with Gasteiger partial charge in [-0.3, -0.25) is 4.55 Å². The molecule has 0 saturated heterocycles. The van der Waals surface area contributed by atoms with Crippen molar-refractivity contribution in [1.29, 1.82) is 0 Å². The Labute approximate surface area is 155 Å². The molecule has 0 radical (unpaired) electrons. The van der Waals surface area contributed by atoms with Gasteiger partial charge in [0.1, 0.15) is 0 Å². The number of rotatable bonds is 14. The summed E-state index contributed by atoms with van der Waals surface area (Å²) < 4.78 is 30.0. The van der Waals surface area contributed by atoms with Gasteiger partial charge in [0, 0.05) is 6.04 Å². The zero-order valence-electron chi connectivity index (χ0n) is 15.2. The Kier molecular flexibility index (Phi) is 18.1. The largest absolute Gasteiger partial charge is 1.00 e. The Morgan fingerprint density at radius 3 is 1.81 bits per heavy atom. The van der Waals surface area contributed by atoms with Gasteiger partial charge in [0.2, 0.25) is 0 Å². The molecular weight excluding hydrogens is 297 g/mol. The average molecular weight is 331 g/mol. The van der Waals surface area contributed by atoms with Crippen molar-refractivity contribution in [2.24, 2.45) is 0 Å². The molecule has 2 N–H and O–H groups in total. The van der Waals surface area contributed by atoms with Gasteiger partial charge in [0.05, 0.1) is 5.75 Å². The second-order valence-electron chi connectivity index (χ2n) is 5.79. The Bertz CT molecular complexity index is 316. The van der Waals surface area contributed by atoms with E-state index in [0.717, 1.165) is 13.0 Å². The summed E-state index contributed by atoms with van der Waals surface area (Å²) in [5.41, 5.74) is 0. The minimum Gasteiger partial charge on any atom is -1.00 e. The Morgan fingerprint density at radius 2 is 1.38 bits per heavy atom. The average Bonchev–Trinajstić information content (AvgIpc) is 2.34. The van der Waals surface area contributed by atoms with E-state index in [1.54, 1.807) is 6.92 Å². The Hall–Kier alpha value is 0.870. The molecule has 0 aromatic carbocycles. The van der Waals surface area contributed by atoms with Crippen LogP contribution in [0.1, 0.15) is 79.5 Å². The number of hydrogen-bond acceptors (Lipinski definition) is 3. The zero-order chi connectivity index (χ0) is 15.3. The van der Waals surface area contributed by atoms with E-state index in [1.165, 1.54) is 57.8 Å². The summed E-state index contributed by atoms with van der Waals surface area (Å²) in [5.74, 6) is -0.204. The van der Waals surface area contributed by atoms with E-state index in [0.29, 0.717) is 0 Å². The van der Waals surface area contributed by atoms with Crippen molar-refractivity contribution in [1.82, 2.24) is 5.32 Å². The zero-order valence-corrected chi connectivity index (χ0v) is 17.1. The summed E-state index contributed by atoms with van der Waals surface area (Å²) in [5, 5.41) is 3.13. The van der Waals surface area contributed by atoms with Crippen molar-refractivity contribution < 1.29 is 44.0 Å². The summed E-state index contributed by atoms with van der Waals surface area (Å²) in [4.78, 5) is 0. The summed E-state index contributed by atoms with van der Waals surface area (Å²) >= 11 is 0. The summed E-state index contributed by atoms with van der Waals surface area (Å²) in [6.45, 7) is 4.85. The molecular formula is C15H34NNaO3S. The van der Waals surface area contributed by atoms with E-state index in [2.05, 4.69) is 12.2 Å². The Balaban J connectivity index is -0.00000180. The van der Waals surface area contributed by atoms with Gasteiger partial charge < -0.3 is 6.74 Å². The normalized spacial score (nSPS) is 12.9. The second kappa shape index (κ2) is 15.8. The van der Waals surface area contributed by atoms with E-state index < -0.39 is 10.1 Å². The molecule has 0 bridgehead atoms. The number of nitrogens with one attached hydrogen (secondary N) is 1. The molecule has 0 aliphatic heterocycles. The SMILES string of the molecule is CCCCCCCCCCCCNC(C)CS(=O)(=O)O.[H-].[Na+]. The van der Waals surface area contributed by atoms with Gasteiger partial charge in [-0.15, -0.1) is 0 Å². The summed E-state index contributed by atoms with van der Waals surface area (Å²) in [7, 11) is -3.85. The molecule has 124 valence electrons. The van der Waals surface area contributed by atoms with Gasteiger partial charge in [-0.1, -0.05) is 64.7 Å². The molecule has 0 aliphatic carbocycles. The van der Waals surface area contributed by atoms with E-state index in [4.69, 9.17) is 4.55 Å². The molecule has 1 atom stereocenters. The van der Waals surface area contributed by atoms with Crippen LogP contribution in [0.2, 0.25) is 0 Å². The molecule has 0 fully saturated rings. The molecule has 0 amide bonds. The first-order valence-corrected chi connectivity index (χ1v) is 9.75. The maximum atomic E-state index is 10.7.